The number of nitrogens with two attached hydrogens (primary N) is 1. The van der Waals surface area contributed by atoms with E-state index >= 15 is 0 Å². The van der Waals surface area contributed by atoms with Crippen molar-refractivity contribution in [1.82, 2.24) is 4.72 Å². The molecule has 0 aromatic heterocycles. The van der Waals surface area contributed by atoms with Crippen molar-refractivity contribution < 1.29 is 12.8 Å². The van der Waals surface area contributed by atoms with Gasteiger partial charge in [0.15, 0.2) is 0 Å². The predicted molar refractivity (Wildman–Crippen MR) is 88.3 cm³/mol. The zero-order valence-corrected chi connectivity index (χ0v) is 14.6. The van der Waals surface area contributed by atoms with Crippen LogP contribution in [-0.2, 0) is 10.0 Å². The smallest absolute Gasteiger partial charge is 0.241 e. The molecule has 0 radical (unpaired) electrons. The van der Waals surface area contributed by atoms with E-state index in [1.165, 1.54) is 12.1 Å². The summed E-state index contributed by atoms with van der Waals surface area (Å²) in [5.74, 6) is -0.425. The molecule has 0 unspecified atom stereocenters. The van der Waals surface area contributed by atoms with Crippen molar-refractivity contribution in [3.05, 3.63) is 29.1 Å². The number of hydrogen-bond donors (Lipinski definition) is 2. The lowest BCUT2D eigenvalue weighted by Crippen LogP contribution is -2.51. The molecule has 4 nitrogen and oxygen atoms in total. The van der Waals surface area contributed by atoms with Crippen LogP contribution in [0.2, 0.25) is 0 Å². The van der Waals surface area contributed by atoms with Crippen molar-refractivity contribution in [3.8, 4) is 0 Å². The Morgan fingerprint density at radius 3 is 2.18 bits per heavy atom. The second kappa shape index (κ2) is 7.25. The second-order valence-electron chi connectivity index (χ2n) is 6.12. The maximum Gasteiger partial charge on any atom is 0.241 e. The number of halogens is 2. The predicted octanol–water partition coefficient (Wildman–Crippen LogP) is 2.80. The van der Waals surface area contributed by atoms with Gasteiger partial charge in [-0.3, -0.25) is 0 Å². The van der Waals surface area contributed by atoms with Gasteiger partial charge < -0.3 is 5.73 Å². The minimum atomic E-state index is -3.67. The third-order valence-corrected chi connectivity index (χ3v) is 5.86. The van der Waals surface area contributed by atoms with Crippen LogP contribution in [0.5, 0.6) is 0 Å². The van der Waals surface area contributed by atoms with Gasteiger partial charge in [-0.1, -0.05) is 19.3 Å². The Bertz CT molecular complexity index is 605. The molecule has 0 bridgehead atoms. The van der Waals surface area contributed by atoms with Crippen molar-refractivity contribution in [2.75, 3.05) is 6.54 Å². The highest BCUT2D eigenvalue weighted by Gasteiger charge is 2.30. The van der Waals surface area contributed by atoms with E-state index in [0.29, 0.717) is 11.1 Å². The monoisotopic (exact) mass is 350 g/mol. The highest BCUT2D eigenvalue weighted by atomic mass is 35.5. The largest absolute Gasteiger partial charge is 0.324 e. The van der Waals surface area contributed by atoms with Gasteiger partial charge in [0.2, 0.25) is 10.0 Å². The number of rotatable bonds is 4. The third kappa shape index (κ3) is 4.41. The Kier molecular flexibility index (Phi) is 6.38. The topological polar surface area (TPSA) is 72.2 Å². The van der Waals surface area contributed by atoms with E-state index < -0.39 is 21.4 Å². The SMILES string of the molecule is Cc1cc(F)cc(C)c1S(=O)(=O)NCC1(N)CCCCC1.Cl. The van der Waals surface area contributed by atoms with Gasteiger partial charge in [0, 0.05) is 12.1 Å². The average molecular weight is 351 g/mol. The van der Waals surface area contributed by atoms with Crippen LogP contribution in [0, 0.1) is 19.7 Å². The summed E-state index contributed by atoms with van der Waals surface area (Å²) in [6, 6.07) is 2.47. The molecule has 1 fully saturated rings. The van der Waals surface area contributed by atoms with Gasteiger partial charge in [0.05, 0.1) is 4.90 Å². The van der Waals surface area contributed by atoms with E-state index in [2.05, 4.69) is 4.72 Å². The molecule has 0 heterocycles. The van der Waals surface area contributed by atoms with E-state index in [-0.39, 0.29) is 23.8 Å². The van der Waals surface area contributed by atoms with Crippen LogP contribution in [0.3, 0.4) is 0 Å². The van der Waals surface area contributed by atoms with Gasteiger partial charge in [0.1, 0.15) is 5.82 Å². The first-order valence-electron chi connectivity index (χ1n) is 7.29. The van der Waals surface area contributed by atoms with Crippen molar-refractivity contribution in [1.29, 1.82) is 0 Å². The normalized spacial score (nSPS) is 17.8. The second-order valence-corrected chi connectivity index (χ2v) is 7.82. The van der Waals surface area contributed by atoms with Crippen molar-refractivity contribution in [2.24, 2.45) is 5.73 Å². The highest BCUT2D eigenvalue weighted by Crippen LogP contribution is 2.26. The first-order valence-corrected chi connectivity index (χ1v) is 8.77. The molecule has 126 valence electrons. The molecule has 1 aliphatic rings. The van der Waals surface area contributed by atoms with Crippen LogP contribution in [0.15, 0.2) is 17.0 Å². The lowest BCUT2D eigenvalue weighted by molar-refractivity contribution is 0.296. The highest BCUT2D eigenvalue weighted by molar-refractivity contribution is 7.89. The van der Waals surface area contributed by atoms with Crippen LogP contribution < -0.4 is 10.5 Å². The Balaban J connectivity index is 0.00000242. The number of aryl methyl sites for hydroxylation is 2. The Hall–Kier alpha value is -0.690. The molecule has 3 N–H and O–H groups in total. The summed E-state index contributed by atoms with van der Waals surface area (Å²) in [5, 5.41) is 0. The fourth-order valence-corrected chi connectivity index (χ4v) is 4.65. The molecular weight excluding hydrogens is 327 g/mol. The first-order chi connectivity index (χ1) is 9.73. The molecule has 0 amide bonds. The third-order valence-electron chi connectivity index (χ3n) is 4.16. The van der Waals surface area contributed by atoms with Gasteiger partial charge in [-0.05, 0) is 49.9 Å². The van der Waals surface area contributed by atoms with Gasteiger partial charge in [0.25, 0.3) is 0 Å². The van der Waals surface area contributed by atoms with E-state index in [1.54, 1.807) is 13.8 Å². The fraction of sp³-hybridized carbons (Fsp3) is 0.600. The molecule has 2 rings (SSSR count). The molecule has 22 heavy (non-hydrogen) atoms. The zero-order valence-electron chi connectivity index (χ0n) is 13.0. The van der Waals surface area contributed by atoms with E-state index in [1.807, 2.05) is 0 Å². The number of benzene rings is 1. The summed E-state index contributed by atoms with van der Waals surface area (Å²) in [6.07, 6.45) is 4.88. The molecule has 0 spiro atoms. The lowest BCUT2D eigenvalue weighted by Gasteiger charge is -2.33. The summed E-state index contributed by atoms with van der Waals surface area (Å²) in [5.41, 5.74) is 6.62. The number of sulfonamides is 1. The molecular formula is C15H24ClFN2O2S. The molecule has 1 aliphatic carbocycles. The molecule has 0 aliphatic heterocycles. The molecule has 1 saturated carbocycles. The minimum absolute atomic E-state index is 0. The van der Waals surface area contributed by atoms with Crippen LogP contribution in [0.1, 0.15) is 43.2 Å². The first kappa shape index (κ1) is 19.4. The van der Waals surface area contributed by atoms with Gasteiger partial charge in [-0.25, -0.2) is 17.5 Å². The Morgan fingerprint density at radius 1 is 1.18 bits per heavy atom. The van der Waals surface area contributed by atoms with Crippen molar-refractivity contribution >= 4 is 22.4 Å². The summed E-state index contributed by atoms with van der Waals surface area (Å²) in [6.45, 7) is 3.43. The molecule has 0 atom stereocenters. The van der Waals surface area contributed by atoms with Crippen LogP contribution in [-0.4, -0.2) is 20.5 Å². The van der Waals surface area contributed by atoms with Crippen LogP contribution in [0.25, 0.3) is 0 Å². The summed E-state index contributed by atoms with van der Waals surface area (Å²) in [4.78, 5) is 0.156. The van der Waals surface area contributed by atoms with Crippen LogP contribution >= 0.6 is 12.4 Å². The number of hydrogen-bond acceptors (Lipinski definition) is 3. The molecule has 0 saturated heterocycles. The lowest BCUT2D eigenvalue weighted by atomic mass is 9.83. The maximum absolute atomic E-state index is 13.3. The van der Waals surface area contributed by atoms with Gasteiger partial charge in [-0.2, -0.15) is 0 Å². The molecule has 1 aromatic rings. The quantitative estimate of drug-likeness (QED) is 0.877. The summed E-state index contributed by atoms with van der Waals surface area (Å²) in [7, 11) is -3.67. The molecule has 1 aromatic carbocycles. The van der Waals surface area contributed by atoms with E-state index in [9.17, 15) is 12.8 Å². The van der Waals surface area contributed by atoms with Crippen LogP contribution in [0.4, 0.5) is 4.39 Å². The summed E-state index contributed by atoms with van der Waals surface area (Å²) < 4.78 is 40.9. The average Bonchev–Trinajstić information content (AvgIpc) is 2.36. The van der Waals surface area contributed by atoms with E-state index in [4.69, 9.17) is 5.73 Å². The maximum atomic E-state index is 13.3. The Labute approximate surface area is 138 Å². The molecule has 7 heteroatoms. The van der Waals surface area contributed by atoms with E-state index in [0.717, 1.165) is 32.1 Å². The van der Waals surface area contributed by atoms with Crippen molar-refractivity contribution in [3.63, 3.8) is 0 Å². The fourth-order valence-electron chi connectivity index (χ4n) is 3.06. The minimum Gasteiger partial charge on any atom is -0.324 e. The Morgan fingerprint density at radius 2 is 1.68 bits per heavy atom. The van der Waals surface area contributed by atoms with Gasteiger partial charge >= 0.3 is 0 Å². The summed E-state index contributed by atoms with van der Waals surface area (Å²) >= 11 is 0. The standard InChI is InChI=1S/C15H23FN2O2S.ClH/c1-11-8-13(16)9-12(2)14(11)21(19,20)18-10-15(17)6-4-3-5-7-15;/h8-9,18H,3-7,10,17H2,1-2H3;1H. The zero-order chi connectivity index (χ0) is 15.7. The number of nitrogens with one attached hydrogen (secondary N) is 1. The van der Waals surface area contributed by atoms with Gasteiger partial charge in [-0.15, -0.1) is 12.4 Å². The van der Waals surface area contributed by atoms with Crippen molar-refractivity contribution in [2.45, 2.75) is 56.4 Å².